The van der Waals surface area contributed by atoms with Crippen LogP contribution >= 0.6 is 0 Å². The first-order valence-corrected chi connectivity index (χ1v) is 6.83. The summed E-state index contributed by atoms with van der Waals surface area (Å²) in [5, 5.41) is 10.7. The van der Waals surface area contributed by atoms with Crippen molar-refractivity contribution in [2.24, 2.45) is 29.1 Å². The molecule has 0 saturated heterocycles. The van der Waals surface area contributed by atoms with Crippen LogP contribution in [-0.2, 0) is 0 Å². The molecule has 3 aliphatic rings. The average molecular weight is 220 g/mol. The zero-order valence-corrected chi connectivity index (χ0v) is 10.6. The Kier molecular flexibility index (Phi) is 2.12. The molecule has 0 aromatic heterocycles. The normalized spacial score (nSPS) is 53.7. The van der Waals surface area contributed by atoms with Gasteiger partial charge in [0.05, 0.1) is 5.60 Å². The number of aliphatic hydroxyl groups is 1. The van der Waals surface area contributed by atoms with Gasteiger partial charge in [0.25, 0.3) is 0 Å². The van der Waals surface area contributed by atoms with Crippen LogP contribution in [0.4, 0.5) is 0 Å². The summed E-state index contributed by atoms with van der Waals surface area (Å²) in [6, 6.07) is 0. The molecule has 90 valence electrons. The Labute approximate surface area is 98.9 Å². The molecule has 3 saturated carbocycles. The summed E-state index contributed by atoms with van der Waals surface area (Å²) in [5.74, 6) is 3.60. The van der Waals surface area contributed by atoms with Gasteiger partial charge < -0.3 is 5.11 Å². The lowest BCUT2D eigenvalue weighted by molar-refractivity contribution is -0.0444. The second kappa shape index (κ2) is 3.13. The molecular formula is C15H24O. The predicted octanol–water partition coefficient (Wildman–Crippen LogP) is 3.39. The minimum Gasteiger partial charge on any atom is -0.386 e. The maximum Gasteiger partial charge on any atom is 0.0853 e. The molecule has 1 nitrogen and oxygen atoms in total. The van der Waals surface area contributed by atoms with Crippen molar-refractivity contribution in [3.05, 3.63) is 12.7 Å². The zero-order valence-electron chi connectivity index (χ0n) is 10.6. The SMILES string of the molecule is C=CC(C)(O)C12CC(C)CC3CC(C1)C3C2. The van der Waals surface area contributed by atoms with Crippen LogP contribution in [0.15, 0.2) is 12.7 Å². The predicted molar refractivity (Wildman–Crippen MR) is 66.0 cm³/mol. The molecule has 1 heteroatoms. The summed E-state index contributed by atoms with van der Waals surface area (Å²) in [4.78, 5) is 0. The van der Waals surface area contributed by atoms with Gasteiger partial charge in [-0.1, -0.05) is 13.0 Å². The first-order chi connectivity index (χ1) is 7.47. The van der Waals surface area contributed by atoms with Gasteiger partial charge in [0.15, 0.2) is 0 Å². The summed E-state index contributed by atoms with van der Waals surface area (Å²) in [7, 11) is 0. The summed E-state index contributed by atoms with van der Waals surface area (Å²) in [6.45, 7) is 8.22. The van der Waals surface area contributed by atoms with E-state index in [4.69, 9.17) is 0 Å². The Balaban J connectivity index is 1.97. The summed E-state index contributed by atoms with van der Waals surface area (Å²) >= 11 is 0. The van der Waals surface area contributed by atoms with E-state index >= 15 is 0 Å². The van der Waals surface area contributed by atoms with Gasteiger partial charge in [-0.25, -0.2) is 0 Å². The Morgan fingerprint density at radius 2 is 2.00 bits per heavy atom. The van der Waals surface area contributed by atoms with Gasteiger partial charge in [-0.2, -0.15) is 0 Å². The van der Waals surface area contributed by atoms with Crippen LogP contribution in [0.3, 0.4) is 0 Å². The number of hydrogen-bond donors (Lipinski definition) is 1. The smallest absolute Gasteiger partial charge is 0.0853 e. The molecule has 0 spiro atoms. The van der Waals surface area contributed by atoms with Crippen LogP contribution < -0.4 is 0 Å². The second-order valence-corrected chi connectivity index (χ2v) is 7.00. The van der Waals surface area contributed by atoms with Crippen LogP contribution in [0.2, 0.25) is 0 Å². The fourth-order valence-corrected chi connectivity index (χ4v) is 5.07. The minimum atomic E-state index is -0.659. The number of rotatable bonds is 2. The summed E-state index contributed by atoms with van der Waals surface area (Å²) in [5.41, 5.74) is -0.512. The van der Waals surface area contributed by atoms with Crippen molar-refractivity contribution >= 4 is 0 Å². The van der Waals surface area contributed by atoms with Crippen molar-refractivity contribution in [3.8, 4) is 0 Å². The van der Waals surface area contributed by atoms with Gasteiger partial charge in [0.1, 0.15) is 0 Å². The fourth-order valence-electron chi connectivity index (χ4n) is 5.07. The Bertz CT molecular complexity index is 315. The second-order valence-electron chi connectivity index (χ2n) is 7.00. The quantitative estimate of drug-likeness (QED) is 0.707. The molecule has 3 rings (SSSR count). The topological polar surface area (TPSA) is 20.2 Å². The van der Waals surface area contributed by atoms with E-state index < -0.39 is 5.60 Å². The molecule has 0 aromatic carbocycles. The van der Waals surface area contributed by atoms with E-state index in [1.165, 1.54) is 32.1 Å². The number of fused-ring (bicyclic) bond motifs is 1. The monoisotopic (exact) mass is 220 g/mol. The van der Waals surface area contributed by atoms with Crippen molar-refractivity contribution in [1.29, 1.82) is 0 Å². The Morgan fingerprint density at radius 1 is 1.25 bits per heavy atom. The first-order valence-electron chi connectivity index (χ1n) is 6.83. The molecule has 0 aromatic rings. The molecule has 3 fully saturated rings. The molecule has 2 bridgehead atoms. The van der Waals surface area contributed by atoms with E-state index in [0.29, 0.717) is 0 Å². The lowest BCUT2D eigenvalue weighted by Gasteiger charge is -2.45. The molecule has 0 radical (unpaired) electrons. The van der Waals surface area contributed by atoms with E-state index in [1.54, 1.807) is 6.08 Å². The minimum absolute atomic E-state index is 0.148. The third-order valence-electron chi connectivity index (χ3n) is 6.01. The highest BCUT2D eigenvalue weighted by atomic mass is 16.3. The van der Waals surface area contributed by atoms with Gasteiger partial charge in [-0.15, -0.1) is 6.58 Å². The molecule has 0 heterocycles. The molecule has 6 unspecified atom stereocenters. The van der Waals surface area contributed by atoms with Crippen molar-refractivity contribution in [2.75, 3.05) is 0 Å². The van der Waals surface area contributed by atoms with E-state index in [-0.39, 0.29) is 5.41 Å². The maximum absolute atomic E-state index is 10.7. The van der Waals surface area contributed by atoms with Crippen molar-refractivity contribution in [3.63, 3.8) is 0 Å². The Hall–Kier alpha value is -0.300. The fraction of sp³-hybridized carbons (Fsp3) is 0.867. The standard InChI is InChI=1S/C15H24O/c1-4-14(3,16)15-7-10(2)5-11-6-12(8-15)13(11)9-15/h4,10-13,16H,1,5-9H2,2-3H3. The molecule has 16 heavy (non-hydrogen) atoms. The van der Waals surface area contributed by atoms with Gasteiger partial charge in [-0.05, 0) is 62.7 Å². The van der Waals surface area contributed by atoms with Crippen molar-refractivity contribution in [1.82, 2.24) is 0 Å². The average Bonchev–Trinajstić information content (AvgIpc) is 2.42. The number of hydrogen-bond acceptors (Lipinski definition) is 1. The van der Waals surface area contributed by atoms with E-state index in [9.17, 15) is 5.11 Å². The lowest BCUT2D eigenvalue weighted by atomic mass is 9.61. The van der Waals surface area contributed by atoms with Crippen LogP contribution in [0.5, 0.6) is 0 Å². The molecule has 6 atom stereocenters. The Morgan fingerprint density at radius 3 is 2.69 bits per heavy atom. The summed E-state index contributed by atoms with van der Waals surface area (Å²) < 4.78 is 0. The molecule has 1 N–H and O–H groups in total. The van der Waals surface area contributed by atoms with Crippen molar-refractivity contribution < 1.29 is 5.11 Å². The molecule has 0 aliphatic heterocycles. The highest BCUT2D eigenvalue weighted by molar-refractivity contribution is 5.16. The maximum atomic E-state index is 10.7. The third kappa shape index (κ3) is 1.21. The molecule has 0 amide bonds. The highest BCUT2D eigenvalue weighted by Gasteiger charge is 2.61. The van der Waals surface area contributed by atoms with E-state index in [0.717, 1.165) is 23.7 Å². The van der Waals surface area contributed by atoms with Crippen LogP contribution in [0.25, 0.3) is 0 Å². The zero-order chi connectivity index (χ0) is 11.6. The van der Waals surface area contributed by atoms with Gasteiger partial charge in [0, 0.05) is 5.41 Å². The summed E-state index contributed by atoms with van der Waals surface area (Å²) in [6.07, 6.45) is 8.34. The van der Waals surface area contributed by atoms with Crippen LogP contribution in [-0.4, -0.2) is 10.7 Å². The van der Waals surface area contributed by atoms with Gasteiger partial charge in [-0.3, -0.25) is 0 Å². The van der Waals surface area contributed by atoms with Crippen LogP contribution in [0, 0.1) is 29.1 Å². The lowest BCUT2D eigenvalue weighted by Crippen LogP contribution is -2.44. The van der Waals surface area contributed by atoms with Gasteiger partial charge in [0.2, 0.25) is 0 Å². The molecule has 3 aliphatic carbocycles. The van der Waals surface area contributed by atoms with Crippen molar-refractivity contribution in [2.45, 2.75) is 51.6 Å². The van der Waals surface area contributed by atoms with Gasteiger partial charge >= 0.3 is 0 Å². The highest BCUT2D eigenvalue weighted by Crippen LogP contribution is 2.67. The van der Waals surface area contributed by atoms with Crippen LogP contribution in [0.1, 0.15) is 46.0 Å². The molecular weight excluding hydrogens is 196 g/mol. The first kappa shape index (κ1) is 10.8. The van der Waals surface area contributed by atoms with E-state index in [1.807, 2.05) is 6.92 Å². The van der Waals surface area contributed by atoms with E-state index in [2.05, 4.69) is 13.5 Å². The largest absolute Gasteiger partial charge is 0.386 e. The third-order valence-corrected chi connectivity index (χ3v) is 6.01.